The molecule has 0 aromatic heterocycles. The smallest absolute Gasteiger partial charge is 0.0877 e. The fourth-order valence-electron chi connectivity index (χ4n) is 1.75. The van der Waals surface area contributed by atoms with Crippen molar-refractivity contribution in [3.05, 3.63) is 23.3 Å². The summed E-state index contributed by atoms with van der Waals surface area (Å²) in [5, 5.41) is 3.40. The van der Waals surface area contributed by atoms with Crippen LogP contribution in [0.25, 0.3) is 0 Å². The standard InChI is InChI=1S/C11H16N2/c1-4-13-7-12-10-5-8(2)9(3)6-11(10)13/h5-6,12H,4,7H2,1-3H3. The minimum atomic E-state index is 0.953. The molecule has 13 heavy (non-hydrogen) atoms. The molecule has 1 N–H and O–H groups in total. The van der Waals surface area contributed by atoms with E-state index < -0.39 is 0 Å². The molecular formula is C11H16N2. The molecule has 0 spiro atoms. The van der Waals surface area contributed by atoms with E-state index in [1.165, 1.54) is 22.5 Å². The normalized spacial score (nSPS) is 14.2. The molecule has 2 nitrogen and oxygen atoms in total. The van der Waals surface area contributed by atoms with E-state index in [1.54, 1.807) is 0 Å². The third-order valence-electron chi connectivity index (χ3n) is 2.79. The lowest BCUT2D eigenvalue weighted by atomic mass is 10.1. The molecule has 0 amide bonds. The van der Waals surface area contributed by atoms with Gasteiger partial charge in [-0.3, -0.25) is 0 Å². The van der Waals surface area contributed by atoms with Crippen LogP contribution >= 0.6 is 0 Å². The van der Waals surface area contributed by atoms with E-state index in [2.05, 4.69) is 43.1 Å². The first kappa shape index (κ1) is 8.42. The van der Waals surface area contributed by atoms with Crippen molar-refractivity contribution in [2.45, 2.75) is 20.8 Å². The number of hydrogen-bond donors (Lipinski definition) is 1. The summed E-state index contributed by atoms with van der Waals surface area (Å²) in [7, 11) is 0. The minimum absolute atomic E-state index is 0.953. The summed E-state index contributed by atoms with van der Waals surface area (Å²) in [6.07, 6.45) is 0. The summed E-state index contributed by atoms with van der Waals surface area (Å²) in [6.45, 7) is 8.54. The number of nitrogens with one attached hydrogen (secondary N) is 1. The van der Waals surface area contributed by atoms with Gasteiger partial charge in [0, 0.05) is 6.54 Å². The Hall–Kier alpha value is -1.18. The highest BCUT2D eigenvalue weighted by molar-refractivity contribution is 5.76. The van der Waals surface area contributed by atoms with Crippen LogP contribution in [-0.2, 0) is 0 Å². The molecule has 0 aliphatic carbocycles. The van der Waals surface area contributed by atoms with Crippen molar-refractivity contribution in [2.24, 2.45) is 0 Å². The first-order chi connectivity index (χ1) is 6.22. The maximum Gasteiger partial charge on any atom is 0.0877 e. The molecular weight excluding hydrogens is 160 g/mol. The molecule has 0 saturated carbocycles. The van der Waals surface area contributed by atoms with Gasteiger partial charge in [0.1, 0.15) is 0 Å². The van der Waals surface area contributed by atoms with Gasteiger partial charge in [-0.1, -0.05) is 0 Å². The van der Waals surface area contributed by atoms with Crippen molar-refractivity contribution in [1.82, 2.24) is 0 Å². The Morgan fingerprint density at radius 1 is 1.31 bits per heavy atom. The zero-order chi connectivity index (χ0) is 9.42. The van der Waals surface area contributed by atoms with Crippen LogP contribution in [0.3, 0.4) is 0 Å². The summed E-state index contributed by atoms with van der Waals surface area (Å²) in [5.41, 5.74) is 5.38. The SMILES string of the molecule is CCN1CNc2cc(C)c(C)cc21. The first-order valence-electron chi connectivity index (χ1n) is 4.82. The molecule has 0 atom stereocenters. The third kappa shape index (κ3) is 1.26. The Bertz CT molecular complexity index is 331. The molecule has 0 saturated heterocycles. The van der Waals surface area contributed by atoms with Crippen molar-refractivity contribution in [3.8, 4) is 0 Å². The Balaban J connectivity index is 2.47. The zero-order valence-electron chi connectivity index (χ0n) is 8.52. The summed E-state index contributed by atoms with van der Waals surface area (Å²) in [5.74, 6) is 0. The van der Waals surface area contributed by atoms with Gasteiger partial charge in [0.2, 0.25) is 0 Å². The van der Waals surface area contributed by atoms with Crippen LogP contribution < -0.4 is 10.2 Å². The van der Waals surface area contributed by atoms with Gasteiger partial charge in [0.25, 0.3) is 0 Å². The van der Waals surface area contributed by atoms with Gasteiger partial charge >= 0.3 is 0 Å². The van der Waals surface area contributed by atoms with Crippen LogP contribution in [0.2, 0.25) is 0 Å². The predicted octanol–water partition coefficient (Wildman–Crippen LogP) is 2.51. The fourth-order valence-corrected chi connectivity index (χ4v) is 1.75. The monoisotopic (exact) mass is 176 g/mol. The topological polar surface area (TPSA) is 15.3 Å². The number of nitrogens with zero attached hydrogens (tertiary/aromatic N) is 1. The second kappa shape index (κ2) is 2.95. The number of rotatable bonds is 1. The van der Waals surface area contributed by atoms with Crippen LogP contribution in [-0.4, -0.2) is 13.2 Å². The highest BCUT2D eigenvalue weighted by Gasteiger charge is 2.17. The van der Waals surface area contributed by atoms with E-state index in [4.69, 9.17) is 0 Å². The molecule has 1 heterocycles. The van der Waals surface area contributed by atoms with E-state index in [0.29, 0.717) is 0 Å². The maximum atomic E-state index is 3.40. The molecule has 2 heteroatoms. The fraction of sp³-hybridized carbons (Fsp3) is 0.455. The number of aryl methyl sites for hydroxylation is 2. The second-order valence-electron chi connectivity index (χ2n) is 3.64. The molecule has 1 aromatic carbocycles. The number of fused-ring (bicyclic) bond motifs is 1. The van der Waals surface area contributed by atoms with Crippen LogP contribution in [0.4, 0.5) is 11.4 Å². The number of benzene rings is 1. The highest BCUT2D eigenvalue weighted by Crippen LogP contribution is 2.33. The number of hydrogen-bond acceptors (Lipinski definition) is 2. The molecule has 1 aliphatic rings. The van der Waals surface area contributed by atoms with Gasteiger partial charge in [0.05, 0.1) is 18.0 Å². The molecule has 0 unspecified atom stereocenters. The molecule has 2 rings (SSSR count). The largest absolute Gasteiger partial charge is 0.366 e. The van der Waals surface area contributed by atoms with Crippen LogP contribution in [0.1, 0.15) is 18.1 Å². The van der Waals surface area contributed by atoms with Crippen molar-refractivity contribution < 1.29 is 0 Å². The van der Waals surface area contributed by atoms with E-state index in [1.807, 2.05) is 0 Å². The molecule has 70 valence electrons. The van der Waals surface area contributed by atoms with Crippen LogP contribution in [0.15, 0.2) is 12.1 Å². The molecule has 0 fully saturated rings. The van der Waals surface area contributed by atoms with Gasteiger partial charge in [-0.15, -0.1) is 0 Å². The van der Waals surface area contributed by atoms with E-state index >= 15 is 0 Å². The Morgan fingerprint density at radius 2 is 2.00 bits per heavy atom. The summed E-state index contributed by atoms with van der Waals surface area (Å²) < 4.78 is 0. The van der Waals surface area contributed by atoms with Gasteiger partial charge < -0.3 is 10.2 Å². The molecule has 1 aromatic rings. The molecule has 1 aliphatic heterocycles. The van der Waals surface area contributed by atoms with Gasteiger partial charge in [0.15, 0.2) is 0 Å². The lowest BCUT2D eigenvalue weighted by molar-refractivity contribution is 0.910. The highest BCUT2D eigenvalue weighted by atomic mass is 15.3. The van der Waals surface area contributed by atoms with Crippen molar-refractivity contribution in [2.75, 3.05) is 23.4 Å². The minimum Gasteiger partial charge on any atom is -0.366 e. The molecule has 0 bridgehead atoms. The Labute approximate surface area is 79.6 Å². The summed E-state index contributed by atoms with van der Waals surface area (Å²) >= 11 is 0. The zero-order valence-corrected chi connectivity index (χ0v) is 8.52. The van der Waals surface area contributed by atoms with Crippen LogP contribution in [0.5, 0.6) is 0 Å². The average Bonchev–Trinajstić information content (AvgIpc) is 2.48. The maximum absolute atomic E-state index is 3.40. The number of anilines is 2. The van der Waals surface area contributed by atoms with Gasteiger partial charge in [-0.25, -0.2) is 0 Å². The van der Waals surface area contributed by atoms with Crippen molar-refractivity contribution in [3.63, 3.8) is 0 Å². The predicted molar refractivity (Wildman–Crippen MR) is 57.4 cm³/mol. The third-order valence-corrected chi connectivity index (χ3v) is 2.79. The van der Waals surface area contributed by atoms with Crippen LogP contribution in [0, 0.1) is 13.8 Å². The lowest BCUT2D eigenvalue weighted by Crippen LogP contribution is -2.21. The lowest BCUT2D eigenvalue weighted by Gasteiger charge is -2.15. The quantitative estimate of drug-likeness (QED) is 0.707. The second-order valence-corrected chi connectivity index (χ2v) is 3.64. The van der Waals surface area contributed by atoms with Crippen molar-refractivity contribution in [1.29, 1.82) is 0 Å². The Morgan fingerprint density at radius 3 is 2.69 bits per heavy atom. The van der Waals surface area contributed by atoms with Gasteiger partial charge in [-0.2, -0.15) is 0 Å². The van der Waals surface area contributed by atoms with Gasteiger partial charge in [-0.05, 0) is 44.0 Å². The van der Waals surface area contributed by atoms with E-state index in [9.17, 15) is 0 Å². The Kier molecular flexibility index (Phi) is 1.91. The molecule has 0 radical (unpaired) electrons. The van der Waals surface area contributed by atoms with E-state index in [0.717, 1.165) is 13.2 Å². The first-order valence-corrected chi connectivity index (χ1v) is 4.82. The van der Waals surface area contributed by atoms with E-state index in [-0.39, 0.29) is 0 Å². The summed E-state index contributed by atoms with van der Waals surface area (Å²) in [4.78, 5) is 2.35. The van der Waals surface area contributed by atoms with Crippen molar-refractivity contribution >= 4 is 11.4 Å². The average molecular weight is 176 g/mol. The summed E-state index contributed by atoms with van der Waals surface area (Å²) in [6, 6.07) is 4.51.